The molecule has 1 rings (SSSR count). The van der Waals surface area contributed by atoms with Gasteiger partial charge in [-0.15, -0.1) is 0 Å². The number of hydrogen-bond donors (Lipinski definition) is 1. The van der Waals surface area contributed by atoms with E-state index in [4.69, 9.17) is 0 Å². The van der Waals surface area contributed by atoms with E-state index in [1.54, 1.807) is 0 Å². The molecule has 0 saturated heterocycles. The van der Waals surface area contributed by atoms with Crippen LogP contribution in [0.15, 0.2) is 0 Å². The molecule has 0 amide bonds. The fraction of sp³-hybridized carbons (Fsp3) is 1.00. The molecule has 0 aromatic rings. The van der Waals surface area contributed by atoms with E-state index in [2.05, 4.69) is 53.9 Å². The number of unbranched alkanes of at least 4 members (excludes halogenated alkanes) is 1. The van der Waals surface area contributed by atoms with Crippen LogP contribution in [0.4, 0.5) is 0 Å². The maximum atomic E-state index is 3.62. The summed E-state index contributed by atoms with van der Waals surface area (Å²) in [6.45, 7) is 14.4. The van der Waals surface area contributed by atoms with Crippen molar-refractivity contribution >= 4 is 0 Å². The largest absolute Gasteiger partial charge is 0.317 e. The molecule has 0 aliphatic heterocycles. The Balaban J connectivity index is 2.57. The topological polar surface area (TPSA) is 12.0 Å². The Labute approximate surface area is 115 Å². The first kappa shape index (κ1) is 16.0. The Morgan fingerprint density at radius 2 is 1.61 bits per heavy atom. The van der Waals surface area contributed by atoms with Crippen LogP contribution in [0.3, 0.4) is 0 Å². The minimum absolute atomic E-state index is 0.504. The normalized spacial score (nSPS) is 24.8. The predicted molar refractivity (Wildman–Crippen MR) is 81.8 cm³/mol. The molecule has 0 aromatic heterocycles. The molecule has 1 heteroatoms. The van der Waals surface area contributed by atoms with Crippen molar-refractivity contribution in [1.29, 1.82) is 0 Å². The van der Waals surface area contributed by atoms with E-state index in [9.17, 15) is 0 Å². The number of hydrogen-bond acceptors (Lipinski definition) is 1. The summed E-state index contributed by atoms with van der Waals surface area (Å²) in [4.78, 5) is 0. The monoisotopic (exact) mass is 253 g/mol. The van der Waals surface area contributed by atoms with E-state index in [1.807, 2.05) is 0 Å². The standard InChI is InChI=1S/C17H35N/c1-8-10-11-13(9-2)12-14(18-7)15-16(3,4)17(15,5)6/h13-15,18H,8-12H2,1-7H3. The van der Waals surface area contributed by atoms with Crippen LogP contribution in [-0.4, -0.2) is 13.1 Å². The minimum Gasteiger partial charge on any atom is -0.317 e. The van der Waals surface area contributed by atoms with Gasteiger partial charge in [-0.1, -0.05) is 67.2 Å². The molecule has 1 N–H and O–H groups in total. The highest BCUT2D eigenvalue weighted by atomic mass is 14.9. The van der Waals surface area contributed by atoms with Crippen molar-refractivity contribution in [2.24, 2.45) is 22.7 Å². The van der Waals surface area contributed by atoms with Gasteiger partial charge in [-0.2, -0.15) is 0 Å². The lowest BCUT2D eigenvalue weighted by Gasteiger charge is -2.24. The molecule has 18 heavy (non-hydrogen) atoms. The zero-order chi connectivity index (χ0) is 14.0. The molecule has 1 saturated carbocycles. The Bertz CT molecular complexity index is 240. The van der Waals surface area contributed by atoms with E-state index in [1.165, 1.54) is 32.1 Å². The van der Waals surface area contributed by atoms with Gasteiger partial charge >= 0.3 is 0 Å². The van der Waals surface area contributed by atoms with Crippen LogP contribution in [0, 0.1) is 22.7 Å². The highest BCUT2D eigenvalue weighted by Crippen LogP contribution is 2.70. The summed E-state index contributed by atoms with van der Waals surface area (Å²) in [5.41, 5.74) is 1.01. The van der Waals surface area contributed by atoms with Crippen LogP contribution in [0.5, 0.6) is 0 Å². The Morgan fingerprint density at radius 3 is 1.94 bits per heavy atom. The first-order valence-corrected chi connectivity index (χ1v) is 8.00. The molecule has 1 fully saturated rings. The summed E-state index contributed by atoms with van der Waals surface area (Å²) >= 11 is 0. The van der Waals surface area contributed by atoms with Gasteiger partial charge in [0.15, 0.2) is 0 Å². The van der Waals surface area contributed by atoms with Crippen LogP contribution in [0.2, 0.25) is 0 Å². The summed E-state index contributed by atoms with van der Waals surface area (Å²) in [5.74, 6) is 1.75. The van der Waals surface area contributed by atoms with E-state index in [0.717, 1.165) is 11.8 Å². The number of rotatable bonds is 8. The van der Waals surface area contributed by atoms with Crippen molar-refractivity contribution < 1.29 is 0 Å². The van der Waals surface area contributed by atoms with Gasteiger partial charge in [0.2, 0.25) is 0 Å². The van der Waals surface area contributed by atoms with Gasteiger partial charge in [0, 0.05) is 6.04 Å². The highest BCUT2D eigenvalue weighted by molar-refractivity contribution is 5.16. The van der Waals surface area contributed by atoms with Crippen molar-refractivity contribution in [1.82, 2.24) is 5.32 Å². The summed E-state index contributed by atoms with van der Waals surface area (Å²) in [6, 6.07) is 0.705. The molecule has 0 heterocycles. The fourth-order valence-electron chi connectivity index (χ4n) is 4.01. The van der Waals surface area contributed by atoms with Gasteiger partial charge in [-0.3, -0.25) is 0 Å². The molecular weight excluding hydrogens is 218 g/mol. The molecule has 0 bridgehead atoms. The first-order valence-electron chi connectivity index (χ1n) is 8.00. The van der Waals surface area contributed by atoms with E-state index in [-0.39, 0.29) is 0 Å². The van der Waals surface area contributed by atoms with E-state index in [0.29, 0.717) is 16.9 Å². The average molecular weight is 253 g/mol. The molecule has 1 nitrogen and oxygen atoms in total. The van der Waals surface area contributed by atoms with Gasteiger partial charge < -0.3 is 5.32 Å². The molecular formula is C17H35N. The molecule has 0 aromatic carbocycles. The second-order valence-electron chi connectivity index (χ2n) is 7.47. The van der Waals surface area contributed by atoms with Gasteiger partial charge in [-0.05, 0) is 36.1 Å². The third-order valence-electron chi connectivity index (χ3n) is 6.04. The first-order chi connectivity index (χ1) is 8.32. The lowest BCUT2D eigenvalue weighted by molar-refractivity contribution is 0.311. The summed E-state index contributed by atoms with van der Waals surface area (Å²) in [5, 5.41) is 3.62. The van der Waals surface area contributed by atoms with E-state index >= 15 is 0 Å². The summed E-state index contributed by atoms with van der Waals surface area (Å²) in [7, 11) is 2.15. The quantitative estimate of drug-likeness (QED) is 0.651. The predicted octanol–water partition coefficient (Wildman–Crippen LogP) is 4.86. The van der Waals surface area contributed by atoms with Crippen molar-refractivity contribution in [2.45, 2.75) is 79.7 Å². The second-order valence-corrected chi connectivity index (χ2v) is 7.47. The highest BCUT2D eigenvalue weighted by Gasteiger charge is 2.66. The SMILES string of the molecule is CCCCC(CC)CC(NC)C1C(C)(C)C1(C)C. The van der Waals surface area contributed by atoms with Crippen LogP contribution in [-0.2, 0) is 0 Å². The van der Waals surface area contributed by atoms with E-state index < -0.39 is 0 Å². The zero-order valence-electron chi connectivity index (χ0n) is 13.8. The Hall–Kier alpha value is -0.0400. The van der Waals surface area contributed by atoms with Gasteiger partial charge in [0.25, 0.3) is 0 Å². The van der Waals surface area contributed by atoms with Crippen LogP contribution in [0.25, 0.3) is 0 Å². The molecule has 0 spiro atoms. The van der Waals surface area contributed by atoms with Crippen molar-refractivity contribution in [2.75, 3.05) is 7.05 Å². The smallest absolute Gasteiger partial charge is 0.0106 e. The summed E-state index contributed by atoms with van der Waals surface area (Å²) < 4.78 is 0. The van der Waals surface area contributed by atoms with Gasteiger partial charge in [-0.25, -0.2) is 0 Å². The van der Waals surface area contributed by atoms with Crippen molar-refractivity contribution in [3.8, 4) is 0 Å². The fourth-order valence-corrected chi connectivity index (χ4v) is 4.01. The maximum absolute atomic E-state index is 3.62. The molecule has 2 unspecified atom stereocenters. The lowest BCUT2D eigenvalue weighted by atomic mass is 9.88. The van der Waals surface area contributed by atoms with Gasteiger partial charge in [0.1, 0.15) is 0 Å². The maximum Gasteiger partial charge on any atom is 0.0106 e. The Morgan fingerprint density at radius 1 is 1.06 bits per heavy atom. The average Bonchev–Trinajstić information content (AvgIpc) is 2.71. The van der Waals surface area contributed by atoms with Crippen LogP contribution in [0.1, 0.15) is 73.6 Å². The molecule has 1 aliphatic rings. The third kappa shape index (κ3) is 2.92. The second kappa shape index (κ2) is 5.94. The third-order valence-corrected chi connectivity index (χ3v) is 6.04. The van der Waals surface area contributed by atoms with Crippen molar-refractivity contribution in [3.05, 3.63) is 0 Å². The Kier molecular flexibility index (Phi) is 5.29. The lowest BCUT2D eigenvalue weighted by Crippen LogP contribution is -2.32. The summed E-state index contributed by atoms with van der Waals surface area (Å²) in [6.07, 6.45) is 6.85. The molecule has 0 radical (unpaired) electrons. The van der Waals surface area contributed by atoms with Crippen LogP contribution < -0.4 is 5.32 Å². The van der Waals surface area contributed by atoms with Crippen molar-refractivity contribution in [3.63, 3.8) is 0 Å². The molecule has 1 aliphatic carbocycles. The minimum atomic E-state index is 0.504. The van der Waals surface area contributed by atoms with Crippen LogP contribution >= 0.6 is 0 Å². The molecule has 2 atom stereocenters. The zero-order valence-corrected chi connectivity index (χ0v) is 13.8. The number of nitrogens with one attached hydrogen (secondary N) is 1. The molecule has 108 valence electrons. The van der Waals surface area contributed by atoms with Gasteiger partial charge in [0.05, 0.1) is 0 Å².